The number of aromatic nitrogens is 4. The van der Waals surface area contributed by atoms with Crippen LogP contribution in [0.2, 0.25) is 0 Å². The minimum atomic E-state index is -0.362. The predicted octanol–water partition coefficient (Wildman–Crippen LogP) is 1.79. The Morgan fingerprint density at radius 1 is 1.42 bits per heavy atom. The third-order valence-corrected chi connectivity index (χ3v) is 4.45. The summed E-state index contributed by atoms with van der Waals surface area (Å²) in [4.78, 5) is 37.1. The second-order valence-electron chi connectivity index (χ2n) is 5.20. The lowest BCUT2D eigenvalue weighted by molar-refractivity contribution is 0.0743. The fourth-order valence-corrected chi connectivity index (χ4v) is 3.13. The van der Waals surface area contributed by atoms with Crippen LogP contribution >= 0.6 is 11.3 Å². The maximum atomic E-state index is 12.6. The summed E-state index contributed by atoms with van der Waals surface area (Å²) >= 11 is 1.33. The van der Waals surface area contributed by atoms with Gasteiger partial charge < -0.3 is 14.4 Å². The standard InChI is InChI=1S/C15H11N5O3S/c1-20(7-10-17-9-4-6-24-12(9)14(21)18-10)15(22)11-8-3-2-5-16-13(8)19-23-11/h2-6H,7H2,1H3,(H,17,18,21). The number of carbonyl (C=O) groups excluding carboxylic acids is 1. The second-order valence-corrected chi connectivity index (χ2v) is 6.11. The minimum absolute atomic E-state index is 0.111. The summed E-state index contributed by atoms with van der Waals surface area (Å²) in [6, 6.07) is 5.20. The molecule has 8 nitrogen and oxygen atoms in total. The molecule has 4 aromatic heterocycles. The maximum absolute atomic E-state index is 12.6. The lowest BCUT2D eigenvalue weighted by atomic mass is 10.2. The number of amides is 1. The van der Waals surface area contributed by atoms with E-state index in [1.807, 2.05) is 0 Å². The van der Waals surface area contributed by atoms with Gasteiger partial charge >= 0.3 is 0 Å². The Bertz CT molecular complexity index is 1110. The molecule has 0 radical (unpaired) electrons. The number of hydrogen-bond donors (Lipinski definition) is 1. The van der Waals surface area contributed by atoms with E-state index in [2.05, 4.69) is 20.1 Å². The summed E-state index contributed by atoms with van der Waals surface area (Å²) in [5.41, 5.74) is 0.787. The van der Waals surface area contributed by atoms with Crippen molar-refractivity contribution < 1.29 is 9.32 Å². The Morgan fingerprint density at radius 3 is 3.17 bits per heavy atom. The summed E-state index contributed by atoms with van der Waals surface area (Å²) in [5.74, 6) is 0.154. The van der Waals surface area contributed by atoms with E-state index in [1.165, 1.54) is 16.2 Å². The van der Waals surface area contributed by atoms with Gasteiger partial charge in [0.1, 0.15) is 10.5 Å². The van der Waals surface area contributed by atoms with Crippen LogP contribution in [-0.2, 0) is 6.54 Å². The summed E-state index contributed by atoms with van der Waals surface area (Å²) in [5, 5.41) is 6.12. The van der Waals surface area contributed by atoms with Crippen molar-refractivity contribution in [1.82, 2.24) is 25.0 Å². The molecule has 0 unspecified atom stereocenters. The molecule has 9 heteroatoms. The summed E-state index contributed by atoms with van der Waals surface area (Å²) in [6.07, 6.45) is 1.58. The molecule has 1 N–H and O–H groups in total. The molecule has 4 heterocycles. The SMILES string of the molecule is CN(Cc1nc2ccsc2c(=O)[nH]1)C(=O)c1onc2ncccc12. The first-order chi connectivity index (χ1) is 11.6. The number of fused-ring (bicyclic) bond motifs is 2. The van der Waals surface area contributed by atoms with Gasteiger partial charge in [-0.3, -0.25) is 9.59 Å². The monoisotopic (exact) mass is 341 g/mol. The average molecular weight is 341 g/mol. The van der Waals surface area contributed by atoms with Crippen LogP contribution in [0.15, 0.2) is 39.1 Å². The van der Waals surface area contributed by atoms with Crippen molar-refractivity contribution in [1.29, 1.82) is 0 Å². The van der Waals surface area contributed by atoms with Crippen molar-refractivity contribution >= 4 is 38.5 Å². The molecule has 4 aromatic rings. The highest BCUT2D eigenvalue weighted by Gasteiger charge is 2.21. The first-order valence-electron chi connectivity index (χ1n) is 7.06. The van der Waals surface area contributed by atoms with Crippen molar-refractivity contribution in [3.8, 4) is 0 Å². The van der Waals surface area contributed by atoms with Gasteiger partial charge in [0.15, 0.2) is 0 Å². The number of pyridine rings is 1. The Balaban J connectivity index is 1.64. The second kappa shape index (κ2) is 5.53. The Morgan fingerprint density at radius 2 is 2.29 bits per heavy atom. The Kier molecular flexibility index (Phi) is 3.35. The van der Waals surface area contributed by atoms with Crippen LogP contribution in [0.4, 0.5) is 0 Å². The maximum Gasteiger partial charge on any atom is 0.293 e. The molecule has 0 aromatic carbocycles. The van der Waals surface area contributed by atoms with Crippen LogP contribution in [0.25, 0.3) is 21.3 Å². The zero-order chi connectivity index (χ0) is 16.7. The fraction of sp³-hybridized carbons (Fsp3) is 0.133. The Labute approximate surface area is 138 Å². The Hall–Kier alpha value is -3.07. The van der Waals surface area contributed by atoms with Crippen LogP contribution in [0.5, 0.6) is 0 Å². The highest BCUT2D eigenvalue weighted by Crippen LogP contribution is 2.18. The lowest BCUT2D eigenvalue weighted by Crippen LogP contribution is -2.28. The summed E-state index contributed by atoms with van der Waals surface area (Å²) < 4.78 is 5.69. The molecule has 0 aliphatic rings. The van der Waals surface area contributed by atoms with Gasteiger partial charge in [-0.15, -0.1) is 11.3 Å². The van der Waals surface area contributed by atoms with Crippen molar-refractivity contribution in [2.75, 3.05) is 7.05 Å². The predicted molar refractivity (Wildman–Crippen MR) is 87.8 cm³/mol. The molecule has 0 bridgehead atoms. The average Bonchev–Trinajstić information content (AvgIpc) is 3.20. The number of H-pyrrole nitrogens is 1. The third kappa shape index (κ3) is 2.35. The van der Waals surface area contributed by atoms with Gasteiger partial charge in [-0.2, -0.15) is 0 Å². The molecule has 0 fully saturated rings. The van der Waals surface area contributed by atoms with E-state index in [4.69, 9.17) is 4.52 Å². The van der Waals surface area contributed by atoms with Gasteiger partial charge in [-0.1, -0.05) is 5.16 Å². The zero-order valence-corrected chi connectivity index (χ0v) is 13.3. The first-order valence-corrected chi connectivity index (χ1v) is 7.94. The number of hydrogen-bond acceptors (Lipinski definition) is 7. The summed E-state index contributed by atoms with van der Waals surface area (Å²) in [6.45, 7) is 0.141. The smallest absolute Gasteiger partial charge is 0.293 e. The van der Waals surface area contributed by atoms with Crippen LogP contribution in [0, 0.1) is 0 Å². The van der Waals surface area contributed by atoms with E-state index in [9.17, 15) is 9.59 Å². The molecule has 0 aliphatic heterocycles. The van der Waals surface area contributed by atoms with Gasteiger partial charge in [0.05, 0.1) is 17.4 Å². The fourth-order valence-electron chi connectivity index (χ4n) is 2.41. The molecule has 24 heavy (non-hydrogen) atoms. The van der Waals surface area contributed by atoms with Gasteiger partial charge in [0.25, 0.3) is 11.5 Å². The van der Waals surface area contributed by atoms with Crippen molar-refractivity contribution in [2.24, 2.45) is 0 Å². The van der Waals surface area contributed by atoms with E-state index >= 15 is 0 Å². The quantitative estimate of drug-likeness (QED) is 0.609. The van der Waals surface area contributed by atoms with E-state index in [1.54, 1.807) is 36.8 Å². The number of nitrogens with one attached hydrogen (secondary N) is 1. The third-order valence-electron chi connectivity index (χ3n) is 3.55. The van der Waals surface area contributed by atoms with Crippen LogP contribution < -0.4 is 5.56 Å². The normalized spacial score (nSPS) is 11.2. The first kappa shape index (κ1) is 14.5. The molecule has 0 atom stereocenters. The number of thiophene rings is 1. The molecule has 4 rings (SSSR count). The van der Waals surface area contributed by atoms with Gasteiger partial charge in [0, 0.05) is 13.2 Å². The van der Waals surface area contributed by atoms with E-state index in [0.29, 0.717) is 27.1 Å². The molecule has 1 amide bonds. The van der Waals surface area contributed by atoms with E-state index in [0.717, 1.165) is 0 Å². The highest BCUT2D eigenvalue weighted by atomic mass is 32.1. The molecule has 0 saturated carbocycles. The van der Waals surface area contributed by atoms with E-state index in [-0.39, 0.29) is 23.8 Å². The molecular weight excluding hydrogens is 330 g/mol. The number of nitrogens with zero attached hydrogens (tertiary/aromatic N) is 4. The topological polar surface area (TPSA) is 105 Å². The van der Waals surface area contributed by atoms with Crippen LogP contribution in [-0.4, -0.2) is 38.0 Å². The van der Waals surface area contributed by atoms with Crippen LogP contribution in [0.3, 0.4) is 0 Å². The van der Waals surface area contributed by atoms with Crippen LogP contribution in [0.1, 0.15) is 16.4 Å². The number of rotatable bonds is 3. The number of aromatic amines is 1. The van der Waals surface area contributed by atoms with Crippen molar-refractivity contribution in [2.45, 2.75) is 6.54 Å². The largest absolute Gasteiger partial charge is 0.348 e. The van der Waals surface area contributed by atoms with Gasteiger partial charge in [-0.05, 0) is 23.6 Å². The van der Waals surface area contributed by atoms with Gasteiger partial charge in [0.2, 0.25) is 11.4 Å². The van der Waals surface area contributed by atoms with Crippen molar-refractivity contribution in [3.05, 3.63) is 51.7 Å². The lowest BCUT2D eigenvalue weighted by Gasteiger charge is -2.14. The molecular formula is C15H11N5O3S. The highest BCUT2D eigenvalue weighted by molar-refractivity contribution is 7.17. The number of carbonyl (C=O) groups is 1. The van der Waals surface area contributed by atoms with Gasteiger partial charge in [-0.25, -0.2) is 9.97 Å². The molecule has 0 spiro atoms. The van der Waals surface area contributed by atoms with Crippen molar-refractivity contribution in [3.63, 3.8) is 0 Å². The molecule has 0 aliphatic carbocycles. The molecule has 0 saturated heterocycles. The minimum Gasteiger partial charge on any atom is -0.348 e. The van der Waals surface area contributed by atoms with E-state index < -0.39 is 0 Å². The zero-order valence-electron chi connectivity index (χ0n) is 12.5. The summed E-state index contributed by atoms with van der Waals surface area (Å²) in [7, 11) is 1.60. The molecule has 120 valence electrons.